The maximum absolute atomic E-state index is 13.5. The van der Waals surface area contributed by atoms with E-state index in [1.165, 1.54) is 10.5 Å². The lowest BCUT2D eigenvalue weighted by atomic mass is 10.0. The van der Waals surface area contributed by atoms with Crippen LogP contribution in [0.15, 0.2) is 77.5 Å². The lowest BCUT2D eigenvalue weighted by Gasteiger charge is -2.32. The number of hydrogen-bond donors (Lipinski definition) is 1. The van der Waals surface area contributed by atoms with Crippen LogP contribution in [0.4, 0.5) is 0 Å². The lowest BCUT2D eigenvalue weighted by Crippen LogP contribution is -3.13. The second-order valence-electron chi connectivity index (χ2n) is 7.79. The second-order valence-corrected chi connectivity index (χ2v) is 8.57. The van der Waals surface area contributed by atoms with Gasteiger partial charge in [0.05, 0.1) is 43.0 Å². The van der Waals surface area contributed by atoms with E-state index in [9.17, 15) is 4.79 Å². The standard InChI is InChI=1S/C25H23N3OS/c29-25(28-13-11-27(12-14-28)17-19-6-2-1-3-7-19)22-16-24(20-10-15-30-18-20)26-23-9-5-4-8-21(22)23/h1-10,15-16,18H,11-14,17H2/p+1. The number of piperazine rings is 1. The van der Waals surface area contributed by atoms with E-state index in [2.05, 4.69) is 41.8 Å². The zero-order valence-electron chi connectivity index (χ0n) is 16.8. The third-order valence-corrected chi connectivity index (χ3v) is 6.50. The van der Waals surface area contributed by atoms with Crippen molar-refractivity contribution in [1.82, 2.24) is 9.88 Å². The largest absolute Gasteiger partial charge is 0.328 e. The van der Waals surface area contributed by atoms with Gasteiger partial charge in [-0.3, -0.25) is 4.79 Å². The van der Waals surface area contributed by atoms with E-state index in [-0.39, 0.29) is 5.91 Å². The first-order valence-electron chi connectivity index (χ1n) is 10.4. The topological polar surface area (TPSA) is 37.6 Å². The first kappa shape index (κ1) is 19.0. The fourth-order valence-electron chi connectivity index (χ4n) is 4.17. The number of rotatable bonds is 4. The molecule has 150 valence electrons. The highest BCUT2D eigenvalue weighted by Gasteiger charge is 2.26. The van der Waals surface area contributed by atoms with Crippen molar-refractivity contribution in [3.63, 3.8) is 0 Å². The quantitative estimate of drug-likeness (QED) is 0.555. The van der Waals surface area contributed by atoms with Crippen LogP contribution in [0.3, 0.4) is 0 Å². The molecule has 0 bridgehead atoms. The SMILES string of the molecule is O=C(c1cc(-c2ccsc2)nc2ccccc12)N1CC[NH+](Cc2ccccc2)CC1. The molecule has 5 rings (SSSR count). The minimum Gasteiger partial charge on any atom is -0.328 e. The number of nitrogens with zero attached hydrogens (tertiary/aromatic N) is 2. The number of benzene rings is 2. The summed E-state index contributed by atoms with van der Waals surface area (Å²) in [4.78, 5) is 21.8. The molecule has 4 nitrogen and oxygen atoms in total. The van der Waals surface area contributed by atoms with Gasteiger partial charge in [-0.2, -0.15) is 11.3 Å². The minimum atomic E-state index is 0.115. The molecule has 0 unspecified atom stereocenters. The van der Waals surface area contributed by atoms with E-state index in [0.29, 0.717) is 0 Å². The Hall–Kier alpha value is -3.02. The van der Waals surface area contributed by atoms with Crippen LogP contribution >= 0.6 is 11.3 Å². The number of aromatic nitrogens is 1. The van der Waals surface area contributed by atoms with Gasteiger partial charge in [-0.1, -0.05) is 48.5 Å². The summed E-state index contributed by atoms with van der Waals surface area (Å²) < 4.78 is 0. The molecule has 4 aromatic rings. The van der Waals surface area contributed by atoms with Crippen LogP contribution in [0.1, 0.15) is 15.9 Å². The molecule has 2 aromatic heterocycles. The van der Waals surface area contributed by atoms with Crippen LogP contribution < -0.4 is 4.90 Å². The molecule has 5 heteroatoms. The Morgan fingerprint density at radius 3 is 2.53 bits per heavy atom. The van der Waals surface area contributed by atoms with Crippen LogP contribution in [0.25, 0.3) is 22.2 Å². The summed E-state index contributed by atoms with van der Waals surface area (Å²) in [6.07, 6.45) is 0. The zero-order chi connectivity index (χ0) is 20.3. The van der Waals surface area contributed by atoms with Gasteiger partial charge in [0.1, 0.15) is 6.54 Å². The smallest absolute Gasteiger partial charge is 0.255 e. The molecule has 0 atom stereocenters. The zero-order valence-corrected chi connectivity index (χ0v) is 17.6. The van der Waals surface area contributed by atoms with Crippen LogP contribution in [0, 0.1) is 0 Å². The molecule has 1 N–H and O–H groups in total. The molecule has 1 saturated heterocycles. The Labute approximate surface area is 180 Å². The maximum atomic E-state index is 13.5. The Kier molecular flexibility index (Phi) is 5.30. The van der Waals surface area contributed by atoms with Crippen molar-refractivity contribution in [3.8, 4) is 11.3 Å². The summed E-state index contributed by atoms with van der Waals surface area (Å²) >= 11 is 1.64. The molecule has 0 aliphatic carbocycles. The van der Waals surface area contributed by atoms with Crippen molar-refractivity contribution < 1.29 is 9.69 Å². The van der Waals surface area contributed by atoms with Gasteiger partial charge >= 0.3 is 0 Å². The number of nitrogens with one attached hydrogen (secondary N) is 1. The monoisotopic (exact) mass is 414 g/mol. The van der Waals surface area contributed by atoms with Crippen molar-refractivity contribution >= 4 is 28.1 Å². The molecule has 30 heavy (non-hydrogen) atoms. The number of carbonyl (C=O) groups is 1. The first-order valence-corrected chi connectivity index (χ1v) is 11.3. The molecule has 1 aliphatic heterocycles. The number of fused-ring (bicyclic) bond motifs is 1. The van der Waals surface area contributed by atoms with E-state index in [1.807, 2.05) is 40.6 Å². The number of quaternary nitrogens is 1. The average Bonchev–Trinajstić information content (AvgIpc) is 3.34. The normalized spacial score (nSPS) is 14.9. The van der Waals surface area contributed by atoms with Crippen LogP contribution in [0.5, 0.6) is 0 Å². The molecule has 1 amide bonds. The number of para-hydroxylation sites is 1. The van der Waals surface area contributed by atoms with E-state index >= 15 is 0 Å². The van der Waals surface area contributed by atoms with E-state index in [1.54, 1.807) is 11.3 Å². The second kappa shape index (κ2) is 8.38. The third kappa shape index (κ3) is 3.86. The summed E-state index contributed by atoms with van der Waals surface area (Å²) in [7, 11) is 0. The van der Waals surface area contributed by atoms with Crippen LogP contribution in [-0.2, 0) is 6.54 Å². The summed E-state index contributed by atoms with van der Waals surface area (Å²) in [6.45, 7) is 4.53. The molecule has 0 radical (unpaired) electrons. The number of hydrogen-bond acceptors (Lipinski definition) is 3. The van der Waals surface area contributed by atoms with Crippen LogP contribution in [0.2, 0.25) is 0 Å². The first-order chi connectivity index (χ1) is 14.8. The summed E-state index contributed by atoms with van der Waals surface area (Å²) in [6, 6.07) is 22.6. The van der Waals surface area contributed by atoms with Gasteiger partial charge in [0.25, 0.3) is 5.91 Å². The van der Waals surface area contributed by atoms with Gasteiger partial charge in [-0.25, -0.2) is 4.98 Å². The molecule has 0 saturated carbocycles. The fourth-order valence-corrected chi connectivity index (χ4v) is 4.82. The van der Waals surface area contributed by atoms with Crippen molar-refractivity contribution in [2.75, 3.05) is 26.2 Å². The highest BCUT2D eigenvalue weighted by molar-refractivity contribution is 7.08. The molecule has 3 heterocycles. The Morgan fingerprint density at radius 1 is 1.00 bits per heavy atom. The van der Waals surface area contributed by atoms with E-state index < -0.39 is 0 Å². The number of pyridine rings is 1. The molecule has 0 spiro atoms. The number of carbonyl (C=O) groups excluding carboxylic acids is 1. The van der Waals surface area contributed by atoms with Crippen molar-refractivity contribution in [3.05, 3.63) is 88.6 Å². The summed E-state index contributed by atoms with van der Waals surface area (Å²) in [5, 5.41) is 5.06. The van der Waals surface area contributed by atoms with Gasteiger partial charge in [-0.05, 0) is 23.6 Å². The highest BCUT2D eigenvalue weighted by Crippen LogP contribution is 2.27. The average molecular weight is 415 g/mol. The fraction of sp³-hybridized carbons (Fsp3) is 0.200. The van der Waals surface area contributed by atoms with Crippen molar-refractivity contribution in [2.45, 2.75) is 6.54 Å². The summed E-state index contributed by atoms with van der Waals surface area (Å²) in [5.74, 6) is 0.115. The molecule has 1 aliphatic rings. The Bertz CT molecular complexity index is 1150. The predicted octanol–water partition coefficient (Wildman–Crippen LogP) is 3.50. The molecular weight excluding hydrogens is 390 g/mol. The van der Waals surface area contributed by atoms with Gasteiger partial charge in [0.15, 0.2) is 0 Å². The maximum Gasteiger partial charge on any atom is 0.255 e. The van der Waals surface area contributed by atoms with Gasteiger partial charge in [-0.15, -0.1) is 0 Å². The summed E-state index contributed by atoms with van der Waals surface area (Å²) in [5.41, 5.74) is 4.92. The Balaban J connectivity index is 1.37. The highest BCUT2D eigenvalue weighted by atomic mass is 32.1. The number of thiophene rings is 1. The molecule has 2 aromatic carbocycles. The third-order valence-electron chi connectivity index (χ3n) is 5.82. The predicted molar refractivity (Wildman–Crippen MR) is 122 cm³/mol. The Morgan fingerprint density at radius 2 is 1.77 bits per heavy atom. The van der Waals surface area contributed by atoms with Crippen molar-refractivity contribution in [1.29, 1.82) is 0 Å². The number of amides is 1. The van der Waals surface area contributed by atoms with Gasteiger partial charge in [0.2, 0.25) is 0 Å². The minimum absolute atomic E-state index is 0.115. The van der Waals surface area contributed by atoms with E-state index in [0.717, 1.165) is 60.4 Å². The molecular formula is C25H24N3OS+. The van der Waals surface area contributed by atoms with Crippen molar-refractivity contribution in [2.24, 2.45) is 0 Å². The van der Waals surface area contributed by atoms with Gasteiger partial charge in [0, 0.05) is 21.9 Å². The van der Waals surface area contributed by atoms with E-state index in [4.69, 9.17) is 4.98 Å². The molecule has 1 fully saturated rings. The van der Waals surface area contributed by atoms with Crippen LogP contribution in [-0.4, -0.2) is 42.0 Å². The lowest BCUT2D eigenvalue weighted by molar-refractivity contribution is -0.917. The van der Waals surface area contributed by atoms with Gasteiger partial charge < -0.3 is 9.80 Å².